The van der Waals surface area contributed by atoms with Crippen molar-refractivity contribution in [3.63, 3.8) is 0 Å². The molecule has 1 heteroatoms. The fourth-order valence-electron chi connectivity index (χ4n) is 3.97. The smallest absolute Gasteiger partial charge is 0.00683 e. The Balaban J connectivity index is 1.43. The van der Waals surface area contributed by atoms with Crippen molar-refractivity contribution in [2.24, 2.45) is 17.8 Å². The Labute approximate surface area is 100 Å². The highest BCUT2D eigenvalue weighted by Gasteiger charge is 2.31. The van der Waals surface area contributed by atoms with Crippen LogP contribution in [-0.2, 0) is 0 Å². The van der Waals surface area contributed by atoms with Crippen LogP contribution in [0.25, 0.3) is 0 Å². The Hall–Kier alpha value is -0.0400. The van der Waals surface area contributed by atoms with Gasteiger partial charge in [0.2, 0.25) is 0 Å². The molecule has 3 aliphatic rings. The minimum Gasteiger partial charge on any atom is -0.314 e. The zero-order valence-electron chi connectivity index (χ0n) is 10.6. The predicted octanol–water partition coefficient (Wildman–Crippen LogP) is 3.74. The van der Waals surface area contributed by atoms with Crippen molar-refractivity contribution in [2.75, 3.05) is 6.54 Å². The molecule has 3 fully saturated rings. The van der Waals surface area contributed by atoms with E-state index >= 15 is 0 Å². The topological polar surface area (TPSA) is 12.0 Å². The lowest BCUT2D eigenvalue weighted by atomic mass is 9.86. The minimum atomic E-state index is 0.910. The molecule has 0 saturated heterocycles. The summed E-state index contributed by atoms with van der Waals surface area (Å²) in [5.74, 6) is 3.21. The molecular formula is C15H27N. The first-order chi connectivity index (χ1) is 7.92. The van der Waals surface area contributed by atoms with E-state index in [0.717, 1.165) is 23.8 Å². The van der Waals surface area contributed by atoms with Crippen LogP contribution in [0.3, 0.4) is 0 Å². The lowest BCUT2D eigenvalue weighted by Crippen LogP contribution is -2.27. The molecule has 2 atom stereocenters. The molecule has 1 N–H and O–H groups in total. The van der Waals surface area contributed by atoms with Gasteiger partial charge in [0, 0.05) is 6.04 Å². The molecule has 0 aliphatic heterocycles. The molecule has 3 rings (SSSR count). The molecule has 0 spiro atoms. The van der Waals surface area contributed by atoms with Crippen molar-refractivity contribution in [1.29, 1.82) is 0 Å². The molecule has 92 valence electrons. The number of nitrogens with one attached hydrogen (secondary N) is 1. The van der Waals surface area contributed by atoms with Crippen molar-refractivity contribution in [3.05, 3.63) is 0 Å². The van der Waals surface area contributed by atoms with Gasteiger partial charge in [-0.1, -0.05) is 38.5 Å². The predicted molar refractivity (Wildman–Crippen MR) is 68.4 cm³/mol. The second-order valence-electron chi connectivity index (χ2n) is 6.52. The van der Waals surface area contributed by atoms with Gasteiger partial charge in [0.25, 0.3) is 0 Å². The normalized spacial score (nSPS) is 36.0. The molecule has 3 saturated carbocycles. The number of hydrogen-bond donors (Lipinski definition) is 1. The number of rotatable bonds is 5. The summed E-state index contributed by atoms with van der Waals surface area (Å²) in [6.07, 6.45) is 15.1. The molecule has 0 radical (unpaired) electrons. The van der Waals surface area contributed by atoms with E-state index in [2.05, 4.69) is 5.32 Å². The van der Waals surface area contributed by atoms with Crippen LogP contribution in [-0.4, -0.2) is 12.6 Å². The summed E-state index contributed by atoms with van der Waals surface area (Å²) in [4.78, 5) is 0. The van der Waals surface area contributed by atoms with Gasteiger partial charge in [0.1, 0.15) is 0 Å². The van der Waals surface area contributed by atoms with Crippen LogP contribution in [0.4, 0.5) is 0 Å². The van der Waals surface area contributed by atoms with Crippen molar-refractivity contribution in [2.45, 2.75) is 70.3 Å². The van der Waals surface area contributed by atoms with Crippen LogP contribution in [0.5, 0.6) is 0 Å². The van der Waals surface area contributed by atoms with E-state index in [1.807, 2.05) is 0 Å². The highest BCUT2D eigenvalue weighted by Crippen LogP contribution is 2.40. The summed E-state index contributed by atoms with van der Waals surface area (Å²) in [6, 6.07) is 0.910. The van der Waals surface area contributed by atoms with Crippen molar-refractivity contribution >= 4 is 0 Å². The van der Waals surface area contributed by atoms with Gasteiger partial charge in [-0.3, -0.25) is 0 Å². The summed E-state index contributed by atoms with van der Waals surface area (Å²) in [5.41, 5.74) is 0. The Bertz CT molecular complexity index is 215. The minimum absolute atomic E-state index is 0.910. The van der Waals surface area contributed by atoms with Crippen LogP contribution in [0.1, 0.15) is 64.2 Å². The largest absolute Gasteiger partial charge is 0.314 e. The van der Waals surface area contributed by atoms with Gasteiger partial charge in [-0.05, 0) is 50.0 Å². The Morgan fingerprint density at radius 3 is 2.25 bits per heavy atom. The van der Waals surface area contributed by atoms with E-state index in [1.165, 1.54) is 51.5 Å². The molecule has 16 heavy (non-hydrogen) atoms. The lowest BCUT2D eigenvalue weighted by Gasteiger charge is -2.23. The Morgan fingerprint density at radius 2 is 1.50 bits per heavy atom. The van der Waals surface area contributed by atoms with Crippen LogP contribution in [0.15, 0.2) is 0 Å². The van der Waals surface area contributed by atoms with E-state index in [9.17, 15) is 0 Å². The summed E-state index contributed by atoms with van der Waals surface area (Å²) >= 11 is 0. The average Bonchev–Trinajstić information content (AvgIpc) is 2.79. The first-order valence-corrected chi connectivity index (χ1v) is 7.65. The molecule has 2 unspecified atom stereocenters. The second-order valence-corrected chi connectivity index (χ2v) is 6.52. The summed E-state index contributed by atoms with van der Waals surface area (Å²) in [5, 5.41) is 3.75. The maximum Gasteiger partial charge on any atom is 0.00683 e. The van der Waals surface area contributed by atoms with Gasteiger partial charge >= 0.3 is 0 Å². The van der Waals surface area contributed by atoms with E-state index < -0.39 is 0 Å². The Morgan fingerprint density at radius 1 is 0.750 bits per heavy atom. The monoisotopic (exact) mass is 221 g/mol. The van der Waals surface area contributed by atoms with E-state index in [0.29, 0.717) is 0 Å². The van der Waals surface area contributed by atoms with Gasteiger partial charge in [-0.2, -0.15) is 0 Å². The highest BCUT2D eigenvalue weighted by molar-refractivity contribution is 4.86. The van der Waals surface area contributed by atoms with E-state index in [-0.39, 0.29) is 0 Å². The molecule has 0 aromatic rings. The van der Waals surface area contributed by atoms with Gasteiger partial charge < -0.3 is 5.32 Å². The van der Waals surface area contributed by atoms with E-state index in [4.69, 9.17) is 0 Å². The van der Waals surface area contributed by atoms with Crippen LogP contribution < -0.4 is 5.32 Å². The highest BCUT2D eigenvalue weighted by atomic mass is 14.9. The fourth-order valence-corrected chi connectivity index (χ4v) is 3.97. The van der Waals surface area contributed by atoms with Gasteiger partial charge in [0.15, 0.2) is 0 Å². The maximum atomic E-state index is 3.75. The quantitative estimate of drug-likeness (QED) is 0.746. The number of hydrogen-bond acceptors (Lipinski definition) is 1. The van der Waals surface area contributed by atoms with Crippen LogP contribution in [0, 0.1) is 17.8 Å². The molecule has 0 aromatic carbocycles. The van der Waals surface area contributed by atoms with Gasteiger partial charge in [0.05, 0.1) is 0 Å². The molecule has 0 bridgehead atoms. The molecular weight excluding hydrogens is 194 g/mol. The molecule has 1 nitrogen and oxygen atoms in total. The first-order valence-electron chi connectivity index (χ1n) is 7.65. The third-order valence-electron chi connectivity index (χ3n) is 5.17. The third-order valence-corrected chi connectivity index (χ3v) is 5.17. The standard InChI is InChI=1S/C15H27N/c1-2-5-12(4-1)10-13-6-3-7-14(13)11-16-15-8-9-15/h12-16H,1-11H2. The van der Waals surface area contributed by atoms with Gasteiger partial charge in [-0.25, -0.2) is 0 Å². The fraction of sp³-hybridized carbons (Fsp3) is 1.00. The van der Waals surface area contributed by atoms with Crippen LogP contribution in [0.2, 0.25) is 0 Å². The summed E-state index contributed by atoms with van der Waals surface area (Å²) in [7, 11) is 0. The molecule has 3 aliphatic carbocycles. The van der Waals surface area contributed by atoms with Crippen LogP contribution >= 0.6 is 0 Å². The maximum absolute atomic E-state index is 3.75. The SMILES string of the molecule is C1CCC(CC2CCCC2CNC2CC2)C1. The Kier molecular flexibility index (Phi) is 3.51. The van der Waals surface area contributed by atoms with Crippen molar-refractivity contribution < 1.29 is 0 Å². The molecule has 0 heterocycles. The summed E-state index contributed by atoms with van der Waals surface area (Å²) in [6.45, 7) is 1.34. The van der Waals surface area contributed by atoms with Crippen molar-refractivity contribution in [1.82, 2.24) is 5.32 Å². The lowest BCUT2D eigenvalue weighted by molar-refractivity contribution is 0.295. The zero-order chi connectivity index (χ0) is 10.8. The zero-order valence-corrected chi connectivity index (χ0v) is 10.6. The average molecular weight is 221 g/mol. The van der Waals surface area contributed by atoms with Gasteiger partial charge in [-0.15, -0.1) is 0 Å². The molecule has 0 amide bonds. The second kappa shape index (κ2) is 5.08. The van der Waals surface area contributed by atoms with E-state index in [1.54, 1.807) is 19.3 Å². The van der Waals surface area contributed by atoms with Crippen molar-refractivity contribution in [3.8, 4) is 0 Å². The first kappa shape index (κ1) is 11.1. The molecule has 0 aromatic heterocycles. The summed E-state index contributed by atoms with van der Waals surface area (Å²) < 4.78 is 0. The third kappa shape index (κ3) is 2.80.